The fourth-order valence-corrected chi connectivity index (χ4v) is 3.28. The number of rotatable bonds is 5. The number of hydrogen-bond donors (Lipinski definition) is 2. The molecule has 0 radical (unpaired) electrons. The number of aromatic nitrogens is 2. The lowest BCUT2D eigenvalue weighted by atomic mass is 10.2. The third kappa shape index (κ3) is 4.09. The van der Waals surface area contributed by atoms with Crippen molar-refractivity contribution in [3.63, 3.8) is 0 Å². The largest absolute Gasteiger partial charge is 0.457 e. The third-order valence-electron chi connectivity index (χ3n) is 3.91. The number of fused-ring (bicyclic) bond motifs is 1. The highest BCUT2D eigenvalue weighted by atomic mass is 32.2. The highest BCUT2D eigenvalue weighted by Gasteiger charge is 2.06. The van der Waals surface area contributed by atoms with E-state index >= 15 is 0 Å². The van der Waals surface area contributed by atoms with E-state index in [2.05, 4.69) is 14.7 Å². The topological polar surface area (TPSA) is 84.1 Å². The van der Waals surface area contributed by atoms with E-state index in [1.54, 1.807) is 24.3 Å². The summed E-state index contributed by atoms with van der Waals surface area (Å²) in [5.41, 5.74) is 3.38. The standard InChI is InChI=1S/C20H17N3O3S/c1-27(24,25)23-15-8-12-17(13-9-15)26-16-10-6-14(7-11-16)20-21-18-4-2-3-5-19(18)22-20/h2-13,23H,1H3,(H,21,22). The van der Waals surface area contributed by atoms with Gasteiger partial charge in [0.05, 0.1) is 17.3 Å². The Balaban J connectivity index is 1.49. The maximum atomic E-state index is 11.2. The number of ether oxygens (including phenoxy) is 1. The molecule has 7 heteroatoms. The van der Waals surface area contributed by atoms with Gasteiger partial charge < -0.3 is 9.72 Å². The molecule has 3 aromatic carbocycles. The third-order valence-corrected chi connectivity index (χ3v) is 4.52. The van der Waals surface area contributed by atoms with Gasteiger partial charge in [0.1, 0.15) is 17.3 Å². The van der Waals surface area contributed by atoms with Gasteiger partial charge >= 0.3 is 0 Å². The Bertz CT molecular complexity index is 1150. The van der Waals surface area contributed by atoms with E-state index in [9.17, 15) is 8.42 Å². The van der Waals surface area contributed by atoms with Gasteiger partial charge in [0.15, 0.2) is 0 Å². The van der Waals surface area contributed by atoms with Crippen molar-refractivity contribution in [2.75, 3.05) is 11.0 Å². The molecule has 0 unspecified atom stereocenters. The number of anilines is 1. The van der Waals surface area contributed by atoms with Crippen LogP contribution in [0.25, 0.3) is 22.4 Å². The quantitative estimate of drug-likeness (QED) is 0.538. The fourth-order valence-electron chi connectivity index (χ4n) is 2.71. The molecule has 4 aromatic rings. The first-order chi connectivity index (χ1) is 13.0. The summed E-state index contributed by atoms with van der Waals surface area (Å²) in [6.45, 7) is 0. The Morgan fingerprint density at radius 1 is 0.889 bits per heavy atom. The Labute approximate surface area is 156 Å². The van der Waals surface area contributed by atoms with Gasteiger partial charge in [-0.05, 0) is 60.7 Å². The molecule has 0 atom stereocenters. The number of benzene rings is 3. The van der Waals surface area contributed by atoms with Crippen LogP contribution in [0, 0.1) is 0 Å². The molecule has 0 saturated heterocycles. The number of aromatic amines is 1. The number of H-pyrrole nitrogens is 1. The summed E-state index contributed by atoms with van der Waals surface area (Å²) in [7, 11) is -3.29. The molecule has 136 valence electrons. The van der Waals surface area contributed by atoms with Gasteiger partial charge in [-0.3, -0.25) is 4.72 Å². The van der Waals surface area contributed by atoms with E-state index in [4.69, 9.17) is 4.74 Å². The monoisotopic (exact) mass is 379 g/mol. The van der Waals surface area contributed by atoms with Crippen LogP contribution in [-0.2, 0) is 10.0 Å². The Morgan fingerprint density at radius 2 is 1.52 bits per heavy atom. The molecule has 1 heterocycles. The molecule has 4 rings (SSSR count). The molecule has 27 heavy (non-hydrogen) atoms. The number of hydrogen-bond acceptors (Lipinski definition) is 4. The second-order valence-corrected chi connectivity index (χ2v) is 7.88. The minimum Gasteiger partial charge on any atom is -0.457 e. The van der Waals surface area contributed by atoms with Crippen LogP contribution >= 0.6 is 0 Å². The lowest BCUT2D eigenvalue weighted by Gasteiger charge is -2.08. The Morgan fingerprint density at radius 3 is 2.15 bits per heavy atom. The maximum Gasteiger partial charge on any atom is 0.229 e. The van der Waals surface area contributed by atoms with E-state index in [0.717, 1.165) is 28.7 Å². The Hall–Kier alpha value is -3.32. The van der Waals surface area contributed by atoms with Crippen molar-refractivity contribution in [2.45, 2.75) is 0 Å². The van der Waals surface area contributed by atoms with Gasteiger partial charge in [-0.1, -0.05) is 12.1 Å². The van der Waals surface area contributed by atoms with Crippen LogP contribution < -0.4 is 9.46 Å². The predicted molar refractivity (Wildman–Crippen MR) is 107 cm³/mol. The lowest BCUT2D eigenvalue weighted by Crippen LogP contribution is -2.09. The van der Waals surface area contributed by atoms with Gasteiger partial charge in [0.2, 0.25) is 10.0 Å². The zero-order valence-corrected chi connectivity index (χ0v) is 15.3. The minimum atomic E-state index is -3.29. The first-order valence-corrected chi connectivity index (χ1v) is 10.2. The summed E-state index contributed by atoms with van der Waals surface area (Å²) < 4.78 is 30.7. The number of para-hydroxylation sites is 2. The molecule has 2 N–H and O–H groups in total. The highest BCUT2D eigenvalue weighted by Crippen LogP contribution is 2.26. The summed E-state index contributed by atoms with van der Waals surface area (Å²) in [6, 6.07) is 22.2. The van der Waals surface area contributed by atoms with E-state index in [1.807, 2.05) is 48.5 Å². The van der Waals surface area contributed by atoms with Crippen molar-refractivity contribution in [1.82, 2.24) is 9.97 Å². The van der Waals surface area contributed by atoms with Gasteiger partial charge in [-0.2, -0.15) is 0 Å². The normalized spacial score (nSPS) is 11.4. The SMILES string of the molecule is CS(=O)(=O)Nc1ccc(Oc2ccc(-c3nc4ccccc4[nH]3)cc2)cc1. The second kappa shape index (κ2) is 6.77. The van der Waals surface area contributed by atoms with Gasteiger partial charge in [0.25, 0.3) is 0 Å². The van der Waals surface area contributed by atoms with E-state index in [-0.39, 0.29) is 0 Å². The number of nitrogens with zero attached hydrogens (tertiary/aromatic N) is 1. The molecule has 0 bridgehead atoms. The van der Waals surface area contributed by atoms with Crippen molar-refractivity contribution in [3.05, 3.63) is 72.8 Å². The van der Waals surface area contributed by atoms with Crippen LogP contribution in [0.3, 0.4) is 0 Å². The zero-order valence-electron chi connectivity index (χ0n) is 14.5. The highest BCUT2D eigenvalue weighted by molar-refractivity contribution is 7.92. The molecular formula is C20H17N3O3S. The van der Waals surface area contributed by atoms with Crippen LogP contribution in [-0.4, -0.2) is 24.6 Å². The molecule has 6 nitrogen and oxygen atoms in total. The zero-order chi connectivity index (χ0) is 18.9. The van der Waals surface area contributed by atoms with Crippen LogP contribution in [0.2, 0.25) is 0 Å². The molecule has 0 aliphatic heterocycles. The molecule has 0 aliphatic carbocycles. The minimum absolute atomic E-state index is 0.491. The van der Waals surface area contributed by atoms with Crippen molar-refractivity contribution < 1.29 is 13.2 Å². The summed E-state index contributed by atoms with van der Waals surface area (Å²) >= 11 is 0. The van der Waals surface area contributed by atoms with Crippen molar-refractivity contribution in [1.29, 1.82) is 0 Å². The first-order valence-electron chi connectivity index (χ1n) is 8.27. The van der Waals surface area contributed by atoms with Crippen LogP contribution in [0.1, 0.15) is 0 Å². The van der Waals surface area contributed by atoms with Crippen molar-refractivity contribution in [2.24, 2.45) is 0 Å². The second-order valence-electron chi connectivity index (χ2n) is 6.13. The van der Waals surface area contributed by atoms with Crippen LogP contribution in [0.15, 0.2) is 72.8 Å². The number of imidazole rings is 1. The number of sulfonamides is 1. The molecule has 0 saturated carbocycles. The molecular weight excluding hydrogens is 362 g/mol. The average molecular weight is 379 g/mol. The first kappa shape index (κ1) is 17.1. The summed E-state index contributed by atoms with van der Waals surface area (Å²) in [4.78, 5) is 7.88. The van der Waals surface area contributed by atoms with Crippen LogP contribution in [0.4, 0.5) is 5.69 Å². The smallest absolute Gasteiger partial charge is 0.229 e. The van der Waals surface area contributed by atoms with E-state index in [1.165, 1.54) is 0 Å². The summed E-state index contributed by atoms with van der Waals surface area (Å²) in [6.07, 6.45) is 1.11. The van der Waals surface area contributed by atoms with Crippen molar-refractivity contribution in [3.8, 4) is 22.9 Å². The van der Waals surface area contributed by atoms with E-state index in [0.29, 0.717) is 17.2 Å². The molecule has 0 aliphatic rings. The number of nitrogens with one attached hydrogen (secondary N) is 2. The maximum absolute atomic E-state index is 11.2. The lowest BCUT2D eigenvalue weighted by molar-refractivity contribution is 0.483. The average Bonchev–Trinajstić information content (AvgIpc) is 3.07. The van der Waals surface area contributed by atoms with Gasteiger partial charge in [-0.15, -0.1) is 0 Å². The Kier molecular flexibility index (Phi) is 4.29. The van der Waals surface area contributed by atoms with Crippen molar-refractivity contribution >= 4 is 26.7 Å². The van der Waals surface area contributed by atoms with Crippen LogP contribution in [0.5, 0.6) is 11.5 Å². The van der Waals surface area contributed by atoms with E-state index < -0.39 is 10.0 Å². The molecule has 0 amide bonds. The molecule has 0 spiro atoms. The van der Waals surface area contributed by atoms with Gasteiger partial charge in [0, 0.05) is 11.3 Å². The molecule has 0 fully saturated rings. The summed E-state index contributed by atoms with van der Waals surface area (Å²) in [5, 5.41) is 0. The summed E-state index contributed by atoms with van der Waals surface area (Å²) in [5.74, 6) is 2.10. The van der Waals surface area contributed by atoms with Gasteiger partial charge in [-0.25, -0.2) is 13.4 Å². The fraction of sp³-hybridized carbons (Fsp3) is 0.0500. The molecule has 1 aromatic heterocycles. The predicted octanol–water partition coefficient (Wildman–Crippen LogP) is 4.39.